The molecule has 3 aromatic rings. The predicted octanol–water partition coefficient (Wildman–Crippen LogP) is 1.07. The molecule has 27 heavy (non-hydrogen) atoms. The standard InChI is InChI=1S/C19H23N5O3/c1-13-11-23(14-7-4-3-5-8-14)18-20-16-15(24(18)12-13)17(26)22(9-6-10-25)19(27)21(16)2/h3-5,7-8,13,25H,6,9-12H2,1-2H3/t13-/m1/s1. The Kier molecular flexibility index (Phi) is 4.35. The van der Waals surface area contributed by atoms with E-state index in [0.717, 1.165) is 12.2 Å². The molecule has 0 radical (unpaired) electrons. The number of hydrogen-bond acceptors (Lipinski definition) is 5. The predicted molar refractivity (Wildman–Crippen MR) is 104 cm³/mol. The second kappa shape index (κ2) is 6.70. The van der Waals surface area contributed by atoms with Gasteiger partial charge in [0.25, 0.3) is 5.56 Å². The van der Waals surface area contributed by atoms with Crippen molar-refractivity contribution in [2.45, 2.75) is 26.4 Å². The Hall–Kier alpha value is -2.87. The lowest BCUT2D eigenvalue weighted by atomic mass is 10.1. The number of anilines is 2. The van der Waals surface area contributed by atoms with Crippen LogP contribution in [0.5, 0.6) is 0 Å². The fraction of sp³-hybridized carbons (Fsp3) is 0.421. The highest BCUT2D eigenvalue weighted by Gasteiger charge is 2.29. The topological polar surface area (TPSA) is 85.3 Å². The average molecular weight is 369 g/mol. The van der Waals surface area contributed by atoms with Crippen LogP contribution in [-0.2, 0) is 20.1 Å². The van der Waals surface area contributed by atoms with Gasteiger partial charge in [0, 0.05) is 39.0 Å². The van der Waals surface area contributed by atoms with Crippen molar-refractivity contribution < 1.29 is 5.11 Å². The van der Waals surface area contributed by atoms with E-state index in [4.69, 9.17) is 5.11 Å². The number of aliphatic hydroxyl groups is 1. The largest absolute Gasteiger partial charge is 0.396 e. The molecule has 1 atom stereocenters. The lowest BCUT2D eigenvalue weighted by molar-refractivity contribution is 0.277. The molecule has 1 aliphatic rings. The van der Waals surface area contributed by atoms with Crippen LogP contribution in [-0.4, -0.2) is 36.9 Å². The lowest BCUT2D eigenvalue weighted by Gasteiger charge is -2.32. The molecule has 2 aromatic heterocycles. The van der Waals surface area contributed by atoms with E-state index in [-0.39, 0.29) is 18.7 Å². The number of aliphatic hydroxyl groups excluding tert-OH is 1. The zero-order valence-electron chi connectivity index (χ0n) is 15.5. The van der Waals surface area contributed by atoms with Gasteiger partial charge in [-0.3, -0.25) is 13.9 Å². The molecular formula is C19H23N5O3. The van der Waals surface area contributed by atoms with Gasteiger partial charge in [-0.05, 0) is 24.5 Å². The molecule has 0 amide bonds. The molecule has 8 nitrogen and oxygen atoms in total. The summed E-state index contributed by atoms with van der Waals surface area (Å²) < 4.78 is 4.54. The first kappa shape index (κ1) is 17.5. The summed E-state index contributed by atoms with van der Waals surface area (Å²) in [6.07, 6.45) is 0.355. The zero-order valence-corrected chi connectivity index (χ0v) is 15.5. The summed E-state index contributed by atoms with van der Waals surface area (Å²) in [6.45, 7) is 3.72. The van der Waals surface area contributed by atoms with E-state index in [1.807, 2.05) is 34.9 Å². The Bertz CT molecular complexity index is 1100. The third-order valence-electron chi connectivity index (χ3n) is 5.05. The smallest absolute Gasteiger partial charge is 0.332 e. The monoisotopic (exact) mass is 369 g/mol. The minimum Gasteiger partial charge on any atom is -0.396 e. The van der Waals surface area contributed by atoms with E-state index < -0.39 is 5.69 Å². The van der Waals surface area contributed by atoms with Crippen LogP contribution in [0.25, 0.3) is 11.2 Å². The van der Waals surface area contributed by atoms with Gasteiger partial charge in [-0.1, -0.05) is 25.1 Å². The highest BCUT2D eigenvalue weighted by molar-refractivity contribution is 5.77. The molecule has 8 heteroatoms. The molecule has 4 rings (SSSR count). The third-order valence-corrected chi connectivity index (χ3v) is 5.05. The number of fused-ring (bicyclic) bond motifs is 3. The fourth-order valence-electron chi connectivity index (χ4n) is 3.76. The molecule has 0 spiro atoms. The summed E-state index contributed by atoms with van der Waals surface area (Å²) in [5, 5.41) is 9.09. The fourth-order valence-corrected chi connectivity index (χ4v) is 3.76. The van der Waals surface area contributed by atoms with E-state index in [9.17, 15) is 9.59 Å². The first-order valence-corrected chi connectivity index (χ1v) is 9.16. The normalized spacial score (nSPS) is 16.7. The summed E-state index contributed by atoms with van der Waals surface area (Å²) in [4.78, 5) is 32.5. The van der Waals surface area contributed by atoms with Crippen molar-refractivity contribution in [1.82, 2.24) is 18.7 Å². The molecule has 0 unspecified atom stereocenters. The Morgan fingerprint density at radius 3 is 2.63 bits per heavy atom. The van der Waals surface area contributed by atoms with Crippen molar-refractivity contribution in [1.29, 1.82) is 0 Å². The Balaban J connectivity index is 1.98. The minimum atomic E-state index is -0.407. The molecule has 0 saturated carbocycles. The van der Waals surface area contributed by atoms with Crippen LogP contribution >= 0.6 is 0 Å². The van der Waals surface area contributed by atoms with Gasteiger partial charge in [0.2, 0.25) is 5.95 Å². The minimum absolute atomic E-state index is 0.0725. The van der Waals surface area contributed by atoms with Gasteiger partial charge in [-0.25, -0.2) is 4.79 Å². The second-order valence-electron chi connectivity index (χ2n) is 7.12. The quantitative estimate of drug-likeness (QED) is 0.743. The summed E-state index contributed by atoms with van der Waals surface area (Å²) >= 11 is 0. The van der Waals surface area contributed by atoms with Gasteiger partial charge in [-0.15, -0.1) is 0 Å². The van der Waals surface area contributed by atoms with Crippen LogP contribution in [0.3, 0.4) is 0 Å². The number of hydrogen-bond donors (Lipinski definition) is 1. The molecule has 1 aromatic carbocycles. The molecular weight excluding hydrogens is 346 g/mol. The van der Waals surface area contributed by atoms with Crippen molar-refractivity contribution in [3.63, 3.8) is 0 Å². The number of imidazole rings is 1. The maximum absolute atomic E-state index is 13.1. The van der Waals surface area contributed by atoms with Crippen LogP contribution < -0.4 is 16.1 Å². The number of aromatic nitrogens is 4. The SMILES string of the molecule is C[C@@H]1CN(c2ccccc2)c2nc3c(c(=O)n(CCCO)c(=O)n3C)n2C1. The van der Waals surface area contributed by atoms with Gasteiger partial charge in [0.05, 0.1) is 0 Å². The molecule has 1 N–H and O–H groups in total. The molecule has 0 saturated heterocycles. The van der Waals surface area contributed by atoms with Crippen LogP contribution in [0.1, 0.15) is 13.3 Å². The summed E-state index contributed by atoms with van der Waals surface area (Å²) in [5.74, 6) is 0.999. The highest BCUT2D eigenvalue weighted by Crippen LogP contribution is 2.32. The average Bonchev–Trinajstić information content (AvgIpc) is 3.06. The van der Waals surface area contributed by atoms with Gasteiger partial charge in [0.1, 0.15) is 0 Å². The number of para-hydroxylation sites is 1. The maximum atomic E-state index is 13.1. The number of rotatable bonds is 4. The van der Waals surface area contributed by atoms with Gasteiger partial charge in [-0.2, -0.15) is 4.98 Å². The van der Waals surface area contributed by atoms with Crippen molar-refractivity contribution in [2.75, 3.05) is 18.1 Å². The van der Waals surface area contributed by atoms with E-state index in [1.165, 1.54) is 9.13 Å². The Morgan fingerprint density at radius 1 is 1.19 bits per heavy atom. The molecule has 142 valence electrons. The molecule has 1 aliphatic heterocycles. The molecule has 3 heterocycles. The summed E-state index contributed by atoms with van der Waals surface area (Å²) in [6, 6.07) is 9.93. The van der Waals surface area contributed by atoms with Crippen molar-refractivity contribution >= 4 is 22.8 Å². The third kappa shape index (κ3) is 2.76. The first-order valence-electron chi connectivity index (χ1n) is 9.16. The van der Waals surface area contributed by atoms with Crippen LogP contribution in [0, 0.1) is 5.92 Å². The highest BCUT2D eigenvalue weighted by atomic mass is 16.3. The first-order chi connectivity index (χ1) is 13.0. The van der Waals surface area contributed by atoms with Gasteiger partial charge < -0.3 is 14.6 Å². The Labute approximate surface area is 155 Å². The van der Waals surface area contributed by atoms with Crippen molar-refractivity contribution in [3.05, 3.63) is 51.2 Å². The molecule has 0 aliphatic carbocycles. The van der Waals surface area contributed by atoms with E-state index in [1.54, 1.807) is 7.05 Å². The summed E-state index contributed by atoms with van der Waals surface area (Å²) in [7, 11) is 1.63. The van der Waals surface area contributed by atoms with Crippen LogP contribution in [0.4, 0.5) is 11.6 Å². The lowest BCUT2D eigenvalue weighted by Crippen LogP contribution is -2.40. The van der Waals surface area contributed by atoms with Crippen LogP contribution in [0.15, 0.2) is 39.9 Å². The van der Waals surface area contributed by atoms with Crippen molar-refractivity contribution in [3.8, 4) is 0 Å². The van der Waals surface area contributed by atoms with Crippen LogP contribution in [0.2, 0.25) is 0 Å². The Morgan fingerprint density at radius 2 is 1.93 bits per heavy atom. The van der Waals surface area contributed by atoms with E-state index in [0.29, 0.717) is 36.0 Å². The number of aryl methyl sites for hydroxylation is 1. The molecule has 0 fully saturated rings. The second-order valence-corrected chi connectivity index (χ2v) is 7.12. The van der Waals surface area contributed by atoms with E-state index >= 15 is 0 Å². The molecule has 0 bridgehead atoms. The zero-order chi connectivity index (χ0) is 19.1. The number of nitrogens with zero attached hydrogens (tertiary/aromatic N) is 5. The van der Waals surface area contributed by atoms with Gasteiger partial charge >= 0.3 is 5.69 Å². The van der Waals surface area contributed by atoms with Gasteiger partial charge in [0.15, 0.2) is 11.2 Å². The summed E-state index contributed by atoms with van der Waals surface area (Å²) in [5.41, 5.74) is 1.09. The van der Waals surface area contributed by atoms with E-state index in [2.05, 4.69) is 16.8 Å². The number of benzene rings is 1. The van der Waals surface area contributed by atoms with Crippen molar-refractivity contribution in [2.24, 2.45) is 13.0 Å². The maximum Gasteiger partial charge on any atom is 0.332 e.